The van der Waals surface area contributed by atoms with Crippen molar-refractivity contribution in [1.29, 1.82) is 5.26 Å². The Morgan fingerprint density at radius 1 is 1.55 bits per heavy atom. The van der Waals surface area contributed by atoms with Crippen molar-refractivity contribution in [1.82, 2.24) is 5.32 Å². The number of amides is 1. The van der Waals surface area contributed by atoms with E-state index in [0.717, 1.165) is 18.7 Å². The fourth-order valence-electron chi connectivity index (χ4n) is 2.15. The van der Waals surface area contributed by atoms with Crippen molar-refractivity contribution in [3.63, 3.8) is 0 Å². The summed E-state index contributed by atoms with van der Waals surface area (Å²) in [4.78, 5) is 13.8. The van der Waals surface area contributed by atoms with E-state index < -0.39 is 0 Å². The molecule has 0 aliphatic carbocycles. The van der Waals surface area contributed by atoms with Crippen LogP contribution in [0.3, 0.4) is 0 Å². The molecule has 5 heteroatoms. The number of benzene rings is 1. The van der Waals surface area contributed by atoms with E-state index in [1.54, 1.807) is 13.3 Å². The van der Waals surface area contributed by atoms with Gasteiger partial charge in [-0.15, -0.1) is 0 Å². The van der Waals surface area contributed by atoms with Crippen LogP contribution in [0.4, 0.5) is 5.69 Å². The Morgan fingerprint density at radius 2 is 2.35 bits per heavy atom. The SMILES string of the molecule is COCCNC(=O)/C(C#N)=C\N1CCc2ccccc21. The average Bonchev–Trinajstić information content (AvgIpc) is 2.88. The highest BCUT2D eigenvalue weighted by molar-refractivity contribution is 5.97. The number of para-hydroxylation sites is 1. The van der Waals surface area contributed by atoms with Crippen molar-refractivity contribution in [2.75, 3.05) is 31.7 Å². The third-order valence-corrected chi connectivity index (χ3v) is 3.16. The van der Waals surface area contributed by atoms with Gasteiger partial charge >= 0.3 is 0 Å². The highest BCUT2D eigenvalue weighted by Gasteiger charge is 2.18. The van der Waals surface area contributed by atoms with Crippen LogP contribution in [0.25, 0.3) is 0 Å². The zero-order valence-corrected chi connectivity index (χ0v) is 11.4. The highest BCUT2D eigenvalue weighted by atomic mass is 16.5. The Hall–Kier alpha value is -2.32. The minimum absolute atomic E-state index is 0.109. The molecule has 20 heavy (non-hydrogen) atoms. The number of carbonyl (C=O) groups is 1. The molecule has 1 amide bonds. The molecule has 0 saturated heterocycles. The first kappa shape index (κ1) is 14.1. The number of ether oxygens (including phenoxy) is 1. The maximum Gasteiger partial charge on any atom is 0.263 e. The lowest BCUT2D eigenvalue weighted by molar-refractivity contribution is -0.117. The summed E-state index contributed by atoms with van der Waals surface area (Å²) < 4.78 is 4.86. The number of anilines is 1. The molecule has 104 valence electrons. The number of hydrogen-bond donors (Lipinski definition) is 1. The lowest BCUT2D eigenvalue weighted by Crippen LogP contribution is -2.29. The Morgan fingerprint density at radius 3 is 3.10 bits per heavy atom. The van der Waals surface area contributed by atoms with Crippen LogP contribution in [0.1, 0.15) is 5.56 Å². The summed E-state index contributed by atoms with van der Waals surface area (Å²) in [6, 6.07) is 9.96. The number of fused-ring (bicyclic) bond motifs is 1. The summed E-state index contributed by atoms with van der Waals surface area (Å²) in [5.74, 6) is -0.367. The number of nitrogens with zero attached hydrogens (tertiary/aromatic N) is 2. The van der Waals surface area contributed by atoms with Crippen LogP contribution in [0, 0.1) is 11.3 Å². The molecule has 0 radical (unpaired) electrons. The molecule has 1 aromatic rings. The topological polar surface area (TPSA) is 65.4 Å². The summed E-state index contributed by atoms with van der Waals surface area (Å²) in [6.07, 6.45) is 2.55. The van der Waals surface area contributed by atoms with E-state index in [1.807, 2.05) is 29.2 Å². The maximum atomic E-state index is 11.9. The molecule has 0 unspecified atom stereocenters. The van der Waals surface area contributed by atoms with Gasteiger partial charge in [0, 0.05) is 32.1 Å². The highest BCUT2D eigenvalue weighted by Crippen LogP contribution is 2.27. The Kier molecular flexibility index (Phi) is 4.75. The number of hydrogen-bond acceptors (Lipinski definition) is 4. The molecule has 2 rings (SSSR count). The van der Waals surface area contributed by atoms with E-state index in [0.29, 0.717) is 13.2 Å². The second kappa shape index (κ2) is 6.73. The van der Waals surface area contributed by atoms with Gasteiger partial charge in [0.05, 0.1) is 6.61 Å². The Bertz CT molecular complexity index is 560. The van der Waals surface area contributed by atoms with Gasteiger partial charge in [-0.3, -0.25) is 4.79 Å². The van der Waals surface area contributed by atoms with Crippen molar-refractivity contribution in [3.05, 3.63) is 41.6 Å². The third kappa shape index (κ3) is 3.16. The van der Waals surface area contributed by atoms with E-state index in [4.69, 9.17) is 10.00 Å². The van der Waals surface area contributed by atoms with E-state index in [1.165, 1.54) is 5.56 Å². The molecule has 1 N–H and O–H groups in total. The Balaban J connectivity index is 2.09. The molecule has 5 nitrogen and oxygen atoms in total. The van der Waals surface area contributed by atoms with E-state index in [9.17, 15) is 4.79 Å². The summed E-state index contributed by atoms with van der Waals surface area (Å²) in [6.45, 7) is 1.61. The van der Waals surface area contributed by atoms with E-state index >= 15 is 0 Å². The van der Waals surface area contributed by atoms with Gasteiger partial charge in [-0.25, -0.2) is 0 Å². The summed E-state index contributed by atoms with van der Waals surface area (Å²) >= 11 is 0. The van der Waals surface area contributed by atoms with Crippen LogP contribution in [-0.2, 0) is 16.0 Å². The number of carbonyl (C=O) groups excluding carboxylic acids is 1. The van der Waals surface area contributed by atoms with Gasteiger partial charge in [-0.1, -0.05) is 18.2 Å². The second-order valence-corrected chi connectivity index (χ2v) is 4.48. The fraction of sp³-hybridized carbons (Fsp3) is 0.333. The summed E-state index contributed by atoms with van der Waals surface area (Å²) in [5.41, 5.74) is 2.41. The van der Waals surface area contributed by atoms with Crippen molar-refractivity contribution in [2.45, 2.75) is 6.42 Å². The summed E-state index contributed by atoms with van der Waals surface area (Å²) in [5, 5.41) is 11.8. The molecule has 1 aliphatic rings. The smallest absolute Gasteiger partial charge is 0.263 e. The van der Waals surface area contributed by atoms with Crippen LogP contribution < -0.4 is 10.2 Å². The van der Waals surface area contributed by atoms with Gasteiger partial charge in [0.2, 0.25) is 0 Å². The molecule has 0 bridgehead atoms. The van der Waals surface area contributed by atoms with Crippen molar-refractivity contribution in [2.24, 2.45) is 0 Å². The quantitative estimate of drug-likeness (QED) is 0.497. The van der Waals surface area contributed by atoms with E-state index in [2.05, 4.69) is 11.4 Å². The van der Waals surface area contributed by atoms with Gasteiger partial charge in [-0.2, -0.15) is 5.26 Å². The molecule has 0 fully saturated rings. The molecule has 1 aliphatic heterocycles. The number of rotatable bonds is 5. The van der Waals surface area contributed by atoms with Crippen LogP contribution in [0.2, 0.25) is 0 Å². The first-order valence-corrected chi connectivity index (χ1v) is 6.50. The van der Waals surface area contributed by atoms with E-state index in [-0.39, 0.29) is 11.5 Å². The van der Waals surface area contributed by atoms with Crippen molar-refractivity contribution in [3.8, 4) is 6.07 Å². The minimum Gasteiger partial charge on any atom is -0.383 e. The fourth-order valence-corrected chi connectivity index (χ4v) is 2.15. The zero-order chi connectivity index (χ0) is 14.4. The molecule has 0 saturated carbocycles. The van der Waals surface area contributed by atoms with Gasteiger partial charge in [-0.05, 0) is 18.1 Å². The number of nitrogens with one attached hydrogen (secondary N) is 1. The molecular formula is C15H17N3O2. The van der Waals surface area contributed by atoms with Crippen LogP contribution in [-0.4, -0.2) is 32.7 Å². The van der Waals surface area contributed by atoms with Gasteiger partial charge < -0.3 is 15.0 Å². The molecule has 1 aromatic carbocycles. The normalized spacial score (nSPS) is 13.8. The first-order chi connectivity index (χ1) is 9.76. The minimum atomic E-state index is -0.367. The maximum absolute atomic E-state index is 11.9. The first-order valence-electron chi connectivity index (χ1n) is 6.50. The molecular weight excluding hydrogens is 254 g/mol. The number of methoxy groups -OCH3 is 1. The average molecular weight is 271 g/mol. The predicted octanol–water partition coefficient (Wildman–Crippen LogP) is 1.22. The predicted molar refractivity (Wildman–Crippen MR) is 76.1 cm³/mol. The number of nitriles is 1. The molecule has 0 aromatic heterocycles. The van der Waals surface area contributed by atoms with Crippen molar-refractivity contribution >= 4 is 11.6 Å². The van der Waals surface area contributed by atoms with Crippen molar-refractivity contribution < 1.29 is 9.53 Å². The molecule has 0 spiro atoms. The zero-order valence-electron chi connectivity index (χ0n) is 11.4. The van der Waals surface area contributed by atoms with Gasteiger partial charge in [0.1, 0.15) is 11.6 Å². The van der Waals surface area contributed by atoms with Gasteiger partial charge in [0.25, 0.3) is 5.91 Å². The van der Waals surface area contributed by atoms with Crippen LogP contribution >= 0.6 is 0 Å². The lowest BCUT2D eigenvalue weighted by Gasteiger charge is -2.14. The largest absolute Gasteiger partial charge is 0.383 e. The van der Waals surface area contributed by atoms with Gasteiger partial charge in [0.15, 0.2) is 0 Å². The molecule has 0 atom stereocenters. The third-order valence-electron chi connectivity index (χ3n) is 3.16. The Labute approximate surface area is 118 Å². The molecule has 1 heterocycles. The van der Waals surface area contributed by atoms with Crippen LogP contribution in [0.5, 0.6) is 0 Å². The standard InChI is InChI=1S/C15H17N3O2/c1-20-9-7-17-15(19)13(10-16)11-18-8-6-12-4-2-3-5-14(12)18/h2-5,11H,6-9H2,1H3,(H,17,19)/b13-11-. The monoisotopic (exact) mass is 271 g/mol. The summed E-state index contributed by atoms with van der Waals surface area (Å²) in [7, 11) is 1.56. The van der Waals surface area contributed by atoms with Crippen LogP contribution in [0.15, 0.2) is 36.0 Å². The second-order valence-electron chi connectivity index (χ2n) is 4.48. The lowest BCUT2D eigenvalue weighted by atomic mass is 10.2.